The van der Waals surface area contributed by atoms with Crippen LogP contribution in [0.1, 0.15) is 51.9 Å². The second kappa shape index (κ2) is 2.31. The Kier molecular flexibility index (Phi) is 1.47. The number of rotatable bonds is 1. The summed E-state index contributed by atoms with van der Waals surface area (Å²) in [5.74, 6) is 1.73. The molecule has 4 rings (SSSR count). The third-order valence-corrected chi connectivity index (χ3v) is 4.90. The Morgan fingerprint density at radius 3 is 2.23 bits per heavy atom. The van der Waals surface area contributed by atoms with Crippen LogP contribution in [0, 0.1) is 17.3 Å². The molecule has 0 saturated heterocycles. The maximum Gasteiger partial charge on any atom is 0.0658 e. The van der Waals surface area contributed by atoms with Crippen LogP contribution in [0.2, 0.25) is 0 Å². The van der Waals surface area contributed by atoms with E-state index in [4.69, 9.17) is 0 Å². The van der Waals surface area contributed by atoms with Crippen molar-refractivity contribution in [2.45, 2.75) is 57.5 Å². The summed E-state index contributed by atoms with van der Waals surface area (Å²) in [6, 6.07) is 0. The maximum absolute atomic E-state index is 10.4. The van der Waals surface area contributed by atoms with Gasteiger partial charge in [-0.2, -0.15) is 0 Å². The van der Waals surface area contributed by atoms with E-state index < -0.39 is 0 Å². The Hall–Kier alpha value is -0.0400. The molecule has 4 saturated carbocycles. The first-order valence-electron chi connectivity index (χ1n) is 5.86. The molecule has 4 atom stereocenters. The van der Waals surface area contributed by atoms with Crippen LogP contribution in [0.15, 0.2) is 0 Å². The van der Waals surface area contributed by atoms with Crippen LogP contribution in [-0.2, 0) is 0 Å². The second-order valence-corrected chi connectivity index (χ2v) is 6.04. The highest BCUT2D eigenvalue weighted by Crippen LogP contribution is 2.62. The summed E-state index contributed by atoms with van der Waals surface area (Å²) in [4.78, 5) is 0. The van der Waals surface area contributed by atoms with Gasteiger partial charge in [0.05, 0.1) is 5.60 Å². The van der Waals surface area contributed by atoms with Crippen LogP contribution < -0.4 is 0 Å². The Morgan fingerprint density at radius 1 is 1.15 bits per heavy atom. The normalized spacial score (nSPS) is 58.6. The average molecular weight is 180 g/mol. The molecule has 0 radical (unpaired) electrons. The van der Waals surface area contributed by atoms with Crippen LogP contribution >= 0.6 is 0 Å². The first kappa shape index (κ1) is 8.28. The molecular formula is C12H20O. The fraction of sp³-hybridized carbons (Fsp3) is 1.00. The molecule has 4 aliphatic rings. The summed E-state index contributed by atoms with van der Waals surface area (Å²) in [7, 11) is 0. The minimum Gasteiger partial charge on any atom is -0.390 e. The van der Waals surface area contributed by atoms with Gasteiger partial charge in [-0.15, -0.1) is 0 Å². The van der Waals surface area contributed by atoms with Crippen molar-refractivity contribution < 1.29 is 5.11 Å². The molecule has 74 valence electrons. The first-order valence-corrected chi connectivity index (χ1v) is 5.86. The number of aliphatic hydroxyl groups is 1. The van der Waals surface area contributed by atoms with Gasteiger partial charge in [0.15, 0.2) is 0 Å². The molecule has 0 spiro atoms. The molecule has 0 heterocycles. The van der Waals surface area contributed by atoms with Crippen molar-refractivity contribution in [3.05, 3.63) is 0 Å². The van der Waals surface area contributed by atoms with Crippen LogP contribution in [-0.4, -0.2) is 10.7 Å². The van der Waals surface area contributed by atoms with E-state index in [-0.39, 0.29) is 5.60 Å². The third kappa shape index (κ3) is 1.09. The lowest BCUT2D eigenvalue weighted by atomic mass is 9.47. The van der Waals surface area contributed by atoms with Crippen LogP contribution in [0.5, 0.6) is 0 Å². The molecule has 1 N–H and O–H groups in total. The van der Waals surface area contributed by atoms with Gasteiger partial charge in [0.25, 0.3) is 0 Å². The smallest absolute Gasteiger partial charge is 0.0658 e. The van der Waals surface area contributed by atoms with E-state index in [9.17, 15) is 5.11 Å². The lowest BCUT2D eigenvalue weighted by Gasteiger charge is -2.60. The summed E-state index contributed by atoms with van der Waals surface area (Å²) >= 11 is 0. The molecule has 4 fully saturated rings. The molecule has 1 heteroatoms. The monoisotopic (exact) mass is 180 g/mol. The highest BCUT2D eigenvalue weighted by atomic mass is 16.3. The molecule has 4 bridgehead atoms. The largest absolute Gasteiger partial charge is 0.390 e. The van der Waals surface area contributed by atoms with E-state index in [2.05, 4.69) is 6.92 Å². The summed E-state index contributed by atoms with van der Waals surface area (Å²) in [6.45, 7) is 2.32. The van der Waals surface area contributed by atoms with Gasteiger partial charge in [0.2, 0.25) is 0 Å². The van der Waals surface area contributed by atoms with E-state index >= 15 is 0 Å². The highest BCUT2D eigenvalue weighted by Gasteiger charge is 2.56. The molecule has 0 aromatic rings. The van der Waals surface area contributed by atoms with Gasteiger partial charge in [-0.1, -0.05) is 13.3 Å². The van der Waals surface area contributed by atoms with E-state index in [0.717, 1.165) is 31.1 Å². The van der Waals surface area contributed by atoms with E-state index in [1.54, 1.807) is 0 Å². The molecule has 4 aliphatic carbocycles. The van der Waals surface area contributed by atoms with Crippen molar-refractivity contribution in [3.63, 3.8) is 0 Å². The van der Waals surface area contributed by atoms with Gasteiger partial charge < -0.3 is 5.11 Å². The third-order valence-electron chi connectivity index (χ3n) is 4.90. The predicted molar refractivity (Wildman–Crippen MR) is 52.4 cm³/mol. The van der Waals surface area contributed by atoms with Crippen molar-refractivity contribution in [1.82, 2.24) is 0 Å². The summed E-state index contributed by atoms with van der Waals surface area (Å²) in [6.07, 6.45) is 8.90. The Balaban J connectivity index is 1.95. The molecule has 0 aliphatic heterocycles. The van der Waals surface area contributed by atoms with Crippen LogP contribution in [0.4, 0.5) is 0 Å². The topological polar surface area (TPSA) is 20.2 Å². The summed E-state index contributed by atoms with van der Waals surface area (Å²) < 4.78 is 0. The van der Waals surface area contributed by atoms with Gasteiger partial charge >= 0.3 is 0 Å². The molecule has 2 unspecified atom stereocenters. The van der Waals surface area contributed by atoms with E-state index in [1.807, 2.05) is 0 Å². The Bertz CT molecular complexity index is 219. The van der Waals surface area contributed by atoms with Gasteiger partial charge in [-0.3, -0.25) is 0 Å². The van der Waals surface area contributed by atoms with Crippen molar-refractivity contribution in [2.24, 2.45) is 17.3 Å². The fourth-order valence-corrected chi connectivity index (χ4v) is 4.82. The SMILES string of the molecule is CCC12C[C@@H]3C[C@@H](CC(O)(C3)C1)C2. The fourth-order valence-electron chi connectivity index (χ4n) is 4.82. The molecule has 0 amide bonds. The average Bonchev–Trinajstić information content (AvgIpc) is 1.99. The predicted octanol–water partition coefficient (Wildman–Crippen LogP) is 2.73. The quantitative estimate of drug-likeness (QED) is 0.658. The molecular weight excluding hydrogens is 160 g/mol. The summed E-state index contributed by atoms with van der Waals surface area (Å²) in [5.41, 5.74) is 0.318. The molecule has 0 aromatic carbocycles. The Labute approximate surface area is 80.5 Å². The number of hydrogen-bond acceptors (Lipinski definition) is 1. The van der Waals surface area contributed by atoms with Gasteiger partial charge in [-0.05, 0) is 55.8 Å². The zero-order valence-corrected chi connectivity index (χ0v) is 8.55. The molecule has 13 heavy (non-hydrogen) atoms. The van der Waals surface area contributed by atoms with Crippen molar-refractivity contribution in [2.75, 3.05) is 0 Å². The highest BCUT2D eigenvalue weighted by molar-refractivity contribution is 5.07. The minimum absolute atomic E-state index is 0.236. The molecule has 0 aromatic heterocycles. The van der Waals surface area contributed by atoms with Crippen LogP contribution in [0.3, 0.4) is 0 Å². The van der Waals surface area contributed by atoms with Gasteiger partial charge in [-0.25, -0.2) is 0 Å². The first-order chi connectivity index (χ1) is 6.13. The maximum atomic E-state index is 10.4. The van der Waals surface area contributed by atoms with Crippen molar-refractivity contribution in [3.8, 4) is 0 Å². The summed E-state index contributed by atoms with van der Waals surface area (Å²) in [5, 5.41) is 10.4. The van der Waals surface area contributed by atoms with Crippen LogP contribution in [0.25, 0.3) is 0 Å². The van der Waals surface area contributed by atoms with Gasteiger partial charge in [0, 0.05) is 0 Å². The van der Waals surface area contributed by atoms with Gasteiger partial charge in [0.1, 0.15) is 0 Å². The van der Waals surface area contributed by atoms with E-state index in [0.29, 0.717) is 5.41 Å². The van der Waals surface area contributed by atoms with Crippen molar-refractivity contribution >= 4 is 0 Å². The standard InChI is InChI=1S/C12H20O/c1-2-11-4-9-3-10(5-11)7-12(13,6-9)8-11/h9-10,13H,2-8H2,1H3/t9-,10+,11?,12?. The zero-order valence-electron chi connectivity index (χ0n) is 8.55. The van der Waals surface area contributed by atoms with Crippen molar-refractivity contribution in [1.29, 1.82) is 0 Å². The Morgan fingerprint density at radius 2 is 1.77 bits per heavy atom. The second-order valence-electron chi connectivity index (χ2n) is 6.04. The zero-order chi connectivity index (χ0) is 9.10. The lowest BCUT2D eigenvalue weighted by Crippen LogP contribution is -2.55. The van der Waals surface area contributed by atoms with E-state index in [1.165, 1.54) is 25.7 Å². The lowest BCUT2D eigenvalue weighted by molar-refractivity contribution is -0.164. The number of hydrogen-bond donors (Lipinski definition) is 1. The minimum atomic E-state index is -0.236. The molecule has 1 nitrogen and oxygen atoms in total.